The number of carbonyl (C=O) groups is 1. The van der Waals surface area contributed by atoms with E-state index in [9.17, 15) is 17.6 Å². The first-order chi connectivity index (χ1) is 15.6. The van der Waals surface area contributed by atoms with Crippen LogP contribution < -0.4 is 14.5 Å². The maximum atomic E-state index is 13.2. The maximum Gasteiger partial charge on any atom is 0.264 e. The number of para-hydroxylation sites is 1. The predicted octanol–water partition coefficient (Wildman–Crippen LogP) is 4.56. The summed E-state index contributed by atoms with van der Waals surface area (Å²) in [5.41, 5.74) is 1.35. The minimum atomic E-state index is -3.99. The summed E-state index contributed by atoms with van der Waals surface area (Å²) in [6, 6.07) is 18.8. The van der Waals surface area contributed by atoms with Crippen molar-refractivity contribution in [1.82, 2.24) is 5.32 Å². The fraction of sp³-hybridized carbons (Fsp3) is 0.208. The first-order valence-corrected chi connectivity index (χ1v) is 12.0. The summed E-state index contributed by atoms with van der Waals surface area (Å²) >= 11 is 6.21. The zero-order valence-corrected chi connectivity index (χ0v) is 20.1. The van der Waals surface area contributed by atoms with E-state index < -0.39 is 21.7 Å². The molecule has 9 heteroatoms. The monoisotopic (exact) mass is 489 g/mol. The Bertz CT molecular complexity index is 1220. The number of halogens is 2. The molecule has 0 heterocycles. The van der Waals surface area contributed by atoms with E-state index in [0.717, 1.165) is 9.99 Å². The molecule has 0 spiro atoms. The standard InChI is InChI=1S/C24H25ClFN3O3S/c1-17(28(2)19-7-5-4-6-8-19)16-27-24(30)22-15-21(13-14-23(22)25)33(31,32)29(3)20-11-9-18(26)10-12-20/h4-15,17H,16H2,1-3H3,(H,27,30). The van der Waals surface area contributed by atoms with Crippen molar-refractivity contribution in [2.75, 3.05) is 29.8 Å². The molecule has 0 bridgehead atoms. The van der Waals surface area contributed by atoms with Gasteiger partial charge in [-0.25, -0.2) is 12.8 Å². The Labute approximate surface area is 198 Å². The van der Waals surface area contributed by atoms with E-state index in [0.29, 0.717) is 6.54 Å². The average Bonchev–Trinajstić information content (AvgIpc) is 2.82. The Hall–Kier alpha value is -3.10. The number of hydrogen-bond acceptors (Lipinski definition) is 4. The number of hydrogen-bond donors (Lipinski definition) is 1. The highest BCUT2D eigenvalue weighted by Crippen LogP contribution is 2.26. The molecule has 3 aromatic carbocycles. The van der Waals surface area contributed by atoms with Gasteiger partial charge in [0.15, 0.2) is 0 Å². The number of sulfonamides is 1. The van der Waals surface area contributed by atoms with Gasteiger partial charge in [0.25, 0.3) is 15.9 Å². The third-order valence-electron chi connectivity index (χ3n) is 5.41. The summed E-state index contributed by atoms with van der Waals surface area (Å²) in [4.78, 5) is 14.8. The van der Waals surface area contributed by atoms with Gasteiger partial charge in [0.2, 0.25) is 0 Å². The van der Waals surface area contributed by atoms with Gasteiger partial charge in [0.1, 0.15) is 5.82 Å². The molecule has 3 aromatic rings. The van der Waals surface area contributed by atoms with Crippen LogP contribution >= 0.6 is 11.6 Å². The van der Waals surface area contributed by atoms with Crippen LogP contribution in [-0.2, 0) is 10.0 Å². The van der Waals surface area contributed by atoms with Gasteiger partial charge in [0.05, 0.1) is 21.2 Å². The van der Waals surface area contributed by atoms with Gasteiger partial charge in [0, 0.05) is 32.4 Å². The molecule has 1 N–H and O–H groups in total. The summed E-state index contributed by atoms with van der Waals surface area (Å²) in [5.74, 6) is -0.947. The third kappa shape index (κ3) is 5.64. The van der Waals surface area contributed by atoms with Gasteiger partial charge in [-0.15, -0.1) is 0 Å². The summed E-state index contributed by atoms with van der Waals surface area (Å²) in [7, 11) is -0.707. The molecule has 6 nitrogen and oxygen atoms in total. The molecule has 1 unspecified atom stereocenters. The number of nitrogens with zero attached hydrogens (tertiary/aromatic N) is 2. The number of carbonyl (C=O) groups excluding carboxylic acids is 1. The summed E-state index contributed by atoms with van der Waals surface area (Å²) in [5, 5.41) is 2.96. The van der Waals surface area contributed by atoms with Crippen LogP contribution in [0.5, 0.6) is 0 Å². The number of anilines is 2. The quantitative estimate of drug-likeness (QED) is 0.503. The van der Waals surface area contributed by atoms with Gasteiger partial charge in [-0.2, -0.15) is 0 Å². The van der Waals surface area contributed by atoms with Gasteiger partial charge in [-0.1, -0.05) is 29.8 Å². The number of amides is 1. The van der Waals surface area contributed by atoms with Crippen LogP contribution in [0.2, 0.25) is 5.02 Å². The number of benzene rings is 3. The molecule has 0 aromatic heterocycles. The minimum absolute atomic E-state index is 0.0216. The summed E-state index contributed by atoms with van der Waals surface area (Å²) < 4.78 is 40.4. The fourth-order valence-electron chi connectivity index (χ4n) is 3.18. The number of rotatable bonds is 8. The minimum Gasteiger partial charge on any atom is -0.370 e. The molecular weight excluding hydrogens is 465 g/mol. The van der Waals surface area contributed by atoms with E-state index >= 15 is 0 Å². The normalized spacial score (nSPS) is 12.2. The van der Waals surface area contributed by atoms with Crippen LogP contribution in [0.15, 0.2) is 77.7 Å². The first kappa shape index (κ1) is 24.5. The van der Waals surface area contributed by atoms with Crippen LogP contribution in [0.4, 0.5) is 15.8 Å². The number of nitrogens with one attached hydrogen (secondary N) is 1. The highest BCUT2D eigenvalue weighted by atomic mass is 35.5. The van der Waals surface area contributed by atoms with E-state index in [1.54, 1.807) is 0 Å². The molecule has 174 valence electrons. The molecule has 0 radical (unpaired) electrons. The Kier molecular flexibility index (Phi) is 7.61. The van der Waals surface area contributed by atoms with Crippen molar-refractivity contribution in [3.8, 4) is 0 Å². The second-order valence-electron chi connectivity index (χ2n) is 7.60. The lowest BCUT2D eigenvalue weighted by Gasteiger charge is -2.27. The second kappa shape index (κ2) is 10.2. The first-order valence-electron chi connectivity index (χ1n) is 10.2. The highest BCUT2D eigenvalue weighted by molar-refractivity contribution is 7.92. The third-order valence-corrected chi connectivity index (χ3v) is 7.52. The van der Waals surface area contributed by atoms with Crippen molar-refractivity contribution in [2.45, 2.75) is 17.9 Å². The molecule has 1 amide bonds. The molecule has 33 heavy (non-hydrogen) atoms. The van der Waals surface area contributed by atoms with Gasteiger partial charge >= 0.3 is 0 Å². The van der Waals surface area contributed by atoms with E-state index in [2.05, 4.69) is 5.32 Å². The summed E-state index contributed by atoms with van der Waals surface area (Å²) in [6.45, 7) is 2.29. The lowest BCUT2D eigenvalue weighted by atomic mass is 10.2. The smallest absolute Gasteiger partial charge is 0.264 e. The lowest BCUT2D eigenvalue weighted by Crippen LogP contribution is -2.40. The topological polar surface area (TPSA) is 69.7 Å². The molecular formula is C24H25ClFN3O3S. The van der Waals surface area contributed by atoms with Crippen molar-refractivity contribution in [1.29, 1.82) is 0 Å². The van der Waals surface area contributed by atoms with Crippen LogP contribution in [0.3, 0.4) is 0 Å². The van der Waals surface area contributed by atoms with Crippen LogP contribution in [-0.4, -0.2) is 41.0 Å². The SMILES string of the molecule is CC(CNC(=O)c1cc(S(=O)(=O)N(C)c2ccc(F)cc2)ccc1Cl)N(C)c1ccccc1. The number of likely N-dealkylation sites (N-methyl/N-ethyl adjacent to an activating group) is 1. The molecule has 0 saturated carbocycles. The maximum absolute atomic E-state index is 13.2. The fourth-order valence-corrected chi connectivity index (χ4v) is 4.60. The van der Waals surface area contributed by atoms with Gasteiger partial charge in [-0.05, 0) is 61.5 Å². The van der Waals surface area contributed by atoms with Crippen LogP contribution in [0, 0.1) is 5.82 Å². The largest absolute Gasteiger partial charge is 0.370 e. The Balaban J connectivity index is 1.76. The van der Waals surface area contributed by atoms with Crippen molar-refractivity contribution in [3.63, 3.8) is 0 Å². The molecule has 0 aliphatic rings. The average molecular weight is 490 g/mol. The molecule has 0 fully saturated rings. The van der Waals surface area contributed by atoms with E-state index in [-0.39, 0.29) is 27.2 Å². The van der Waals surface area contributed by atoms with E-state index in [4.69, 9.17) is 11.6 Å². The van der Waals surface area contributed by atoms with Crippen molar-refractivity contribution in [3.05, 3.63) is 89.2 Å². The highest BCUT2D eigenvalue weighted by Gasteiger charge is 2.24. The van der Waals surface area contributed by atoms with Gasteiger partial charge in [-0.3, -0.25) is 9.10 Å². The summed E-state index contributed by atoms with van der Waals surface area (Å²) in [6.07, 6.45) is 0. The molecule has 0 saturated heterocycles. The Morgan fingerprint density at radius 2 is 1.64 bits per heavy atom. The van der Waals surface area contributed by atoms with Crippen LogP contribution in [0.25, 0.3) is 0 Å². The molecule has 3 rings (SSSR count). The molecule has 1 atom stereocenters. The molecule has 0 aliphatic carbocycles. The second-order valence-corrected chi connectivity index (χ2v) is 9.97. The lowest BCUT2D eigenvalue weighted by molar-refractivity contribution is 0.0951. The predicted molar refractivity (Wildman–Crippen MR) is 130 cm³/mol. The zero-order chi connectivity index (χ0) is 24.2. The van der Waals surface area contributed by atoms with E-state index in [1.165, 1.54) is 49.5 Å². The Morgan fingerprint density at radius 3 is 2.27 bits per heavy atom. The molecule has 0 aliphatic heterocycles. The van der Waals surface area contributed by atoms with Crippen molar-refractivity contribution < 1.29 is 17.6 Å². The van der Waals surface area contributed by atoms with E-state index in [1.807, 2.05) is 49.2 Å². The Morgan fingerprint density at radius 1 is 1.00 bits per heavy atom. The van der Waals surface area contributed by atoms with Crippen molar-refractivity contribution >= 4 is 38.9 Å². The van der Waals surface area contributed by atoms with Crippen molar-refractivity contribution in [2.24, 2.45) is 0 Å². The van der Waals surface area contributed by atoms with Crippen LogP contribution in [0.1, 0.15) is 17.3 Å². The van der Waals surface area contributed by atoms with Gasteiger partial charge < -0.3 is 10.2 Å². The zero-order valence-electron chi connectivity index (χ0n) is 18.5.